The molecular formula is C7H13N3. The molecule has 0 N–H and O–H groups in total. The average molecular weight is 139 g/mol. The first-order valence-electron chi connectivity index (χ1n) is 3.03. The summed E-state index contributed by atoms with van der Waals surface area (Å²) in [5.74, 6) is 0. The van der Waals surface area contributed by atoms with Crippen LogP contribution < -0.4 is 0 Å². The molecule has 0 spiro atoms. The number of rotatable bonds is 2. The van der Waals surface area contributed by atoms with Gasteiger partial charge in [-0.2, -0.15) is 5.26 Å². The molecular weight excluding hydrogens is 126 g/mol. The second-order valence-electron chi connectivity index (χ2n) is 2.48. The molecule has 10 heavy (non-hydrogen) atoms. The average Bonchev–Trinajstić information content (AvgIpc) is 1.81. The summed E-state index contributed by atoms with van der Waals surface area (Å²) in [6, 6.07) is 2.08. The van der Waals surface area contributed by atoms with Crippen molar-refractivity contribution >= 4 is 0 Å². The van der Waals surface area contributed by atoms with E-state index >= 15 is 0 Å². The highest BCUT2D eigenvalue weighted by atomic mass is 15.1. The fourth-order valence-corrected chi connectivity index (χ4v) is 0.489. The number of nitriles is 1. The first-order chi connectivity index (χ1) is 4.57. The second-order valence-corrected chi connectivity index (χ2v) is 2.48. The zero-order chi connectivity index (χ0) is 8.15. The minimum atomic E-state index is 0.657. The van der Waals surface area contributed by atoms with Gasteiger partial charge in [0, 0.05) is 34.4 Å². The highest BCUT2D eigenvalue weighted by Crippen LogP contribution is 1.95. The van der Waals surface area contributed by atoms with Crippen molar-refractivity contribution in [2.45, 2.75) is 0 Å². The van der Waals surface area contributed by atoms with Crippen molar-refractivity contribution in [1.29, 1.82) is 5.26 Å². The lowest BCUT2D eigenvalue weighted by molar-refractivity contribution is 0.489. The first-order valence-corrected chi connectivity index (χ1v) is 3.03. The lowest BCUT2D eigenvalue weighted by atomic mass is 10.4. The Labute approximate surface area is 62.2 Å². The van der Waals surface area contributed by atoms with Gasteiger partial charge in [0.2, 0.25) is 0 Å². The molecule has 0 radical (unpaired) electrons. The molecule has 0 unspecified atom stereocenters. The largest absolute Gasteiger partial charge is 0.381 e. The van der Waals surface area contributed by atoms with E-state index in [1.807, 2.05) is 33.1 Å². The quantitative estimate of drug-likeness (QED) is 0.521. The van der Waals surface area contributed by atoms with Crippen LogP contribution in [0.3, 0.4) is 0 Å². The Balaban J connectivity index is 4.23. The normalized spacial score (nSPS) is 10.5. The fourth-order valence-electron chi connectivity index (χ4n) is 0.489. The van der Waals surface area contributed by atoms with E-state index in [-0.39, 0.29) is 0 Å². The van der Waals surface area contributed by atoms with E-state index in [9.17, 15) is 0 Å². The van der Waals surface area contributed by atoms with E-state index in [1.165, 1.54) is 0 Å². The van der Waals surface area contributed by atoms with Crippen LogP contribution in [0.5, 0.6) is 0 Å². The van der Waals surface area contributed by atoms with Gasteiger partial charge in [0.05, 0.1) is 0 Å². The maximum Gasteiger partial charge on any atom is 0.131 e. The van der Waals surface area contributed by atoms with Crippen LogP contribution in [0, 0.1) is 11.3 Å². The molecule has 0 aromatic heterocycles. The van der Waals surface area contributed by atoms with Gasteiger partial charge in [-0.1, -0.05) is 0 Å². The Hall–Kier alpha value is -1.17. The summed E-state index contributed by atoms with van der Waals surface area (Å²) in [5, 5.41) is 8.56. The SMILES string of the molecule is CN(C)/C=C(\C#N)N(C)C. The Morgan fingerprint density at radius 2 is 1.80 bits per heavy atom. The third-order valence-corrected chi connectivity index (χ3v) is 0.977. The molecule has 0 saturated carbocycles. The Bertz CT molecular complexity index is 162. The van der Waals surface area contributed by atoms with Crippen molar-refractivity contribution in [2.75, 3.05) is 28.2 Å². The maximum absolute atomic E-state index is 8.56. The van der Waals surface area contributed by atoms with E-state index < -0.39 is 0 Å². The summed E-state index contributed by atoms with van der Waals surface area (Å²) in [7, 11) is 7.47. The highest BCUT2D eigenvalue weighted by molar-refractivity contribution is 5.17. The number of hydrogen-bond donors (Lipinski definition) is 0. The van der Waals surface area contributed by atoms with Crippen LogP contribution in [0.1, 0.15) is 0 Å². The van der Waals surface area contributed by atoms with E-state index in [0.29, 0.717) is 5.70 Å². The molecule has 0 heterocycles. The van der Waals surface area contributed by atoms with Crippen LogP contribution in [0.15, 0.2) is 11.9 Å². The van der Waals surface area contributed by atoms with E-state index in [2.05, 4.69) is 6.07 Å². The van der Waals surface area contributed by atoms with Crippen LogP contribution in [-0.4, -0.2) is 38.0 Å². The summed E-state index contributed by atoms with van der Waals surface area (Å²) in [6.45, 7) is 0. The van der Waals surface area contributed by atoms with Crippen LogP contribution in [0.4, 0.5) is 0 Å². The molecule has 0 rings (SSSR count). The lowest BCUT2D eigenvalue weighted by Gasteiger charge is -2.12. The Morgan fingerprint density at radius 1 is 1.30 bits per heavy atom. The minimum Gasteiger partial charge on any atom is -0.381 e. The molecule has 0 aliphatic heterocycles. The molecule has 0 aliphatic carbocycles. The standard InChI is InChI=1S/C7H13N3/c1-9(2)6-7(5-8)10(3)4/h6H,1-4H3/b7-6+. The van der Waals surface area contributed by atoms with E-state index in [1.54, 1.807) is 11.1 Å². The van der Waals surface area contributed by atoms with Crippen molar-refractivity contribution < 1.29 is 0 Å². The van der Waals surface area contributed by atoms with Crippen LogP contribution in [-0.2, 0) is 0 Å². The monoisotopic (exact) mass is 139 g/mol. The zero-order valence-corrected chi connectivity index (χ0v) is 6.92. The molecule has 3 heteroatoms. The summed E-state index contributed by atoms with van der Waals surface area (Å²) < 4.78 is 0. The fraction of sp³-hybridized carbons (Fsp3) is 0.571. The highest BCUT2D eigenvalue weighted by Gasteiger charge is 1.95. The van der Waals surface area contributed by atoms with Crippen LogP contribution in [0.2, 0.25) is 0 Å². The van der Waals surface area contributed by atoms with Gasteiger partial charge in [-0.05, 0) is 0 Å². The first kappa shape index (κ1) is 8.83. The van der Waals surface area contributed by atoms with E-state index in [0.717, 1.165) is 0 Å². The van der Waals surface area contributed by atoms with Crippen LogP contribution in [0.25, 0.3) is 0 Å². The van der Waals surface area contributed by atoms with Gasteiger partial charge >= 0.3 is 0 Å². The van der Waals surface area contributed by atoms with Gasteiger partial charge in [0.15, 0.2) is 0 Å². The molecule has 56 valence electrons. The minimum absolute atomic E-state index is 0.657. The van der Waals surface area contributed by atoms with Crippen LogP contribution >= 0.6 is 0 Å². The predicted octanol–water partition coefficient (Wildman–Crippen LogP) is 0.475. The molecule has 0 aromatic carbocycles. The van der Waals surface area contributed by atoms with Gasteiger partial charge in [0.1, 0.15) is 11.8 Å². The summed E-state index contributed by atoms with van der Waals surface area (Å²) in [6.07, 6.45) is 1.78. The number of allylic oxidation sites excluding steroid dienone is 1. The molecule has 0 aliphatic rings. The molecule has 0 atom stereocenters. The Kier molecular flexibility index (Phi) is 3.34. The van der Waals surface area contributed by atoms with Crippen molar-refractivity contribution in [3.8, 4) is 6.07 Å². The van der Waals surface area contributed by atoms with Gasteiger partial charge < -0.3 is 9.80 Å². The Morgan fingerprint density at radius 3 is 1.90 bits per heavy atom. The maximum atomic E-state index is 8.56. The third kappa shape index (κ3) is 2.98. The van der Waals surface area contributed by atoms with Gasteiger partial charge in [-0.3, -0.25) is 0 Å². The van der Waals surface area contributed by atoms with Crippen molar-refractivity contribution in [1.82, 2.24) is 9.80 Å². The summed E-state index contributed by atoms with van der Waals surface area (Å²) >= 11 is 0. The topological polar surface area (TPSA) is 30.3 Å². The van der Waals surface area contributed by atoms with Gasteiger partial charge in [-0.25, -0.2) is 0 Å². The summed E-state index contributed by atoms with van der Waals surface area (Å²) in [5.41, 5.74) is 0.657. The van der Waals surface area contributed by atoms with Crippen molar-refractivity contribution in [3.63, 3.8) is 0 Å². The molecule has 0 bridgehead atoms. The molecule has 0 amide bonds. The lowest BCUT2D eigenvalue weighted by Crippen LogP contribution is -2.13. The van der Waals surface area contributed by atoms with Gasteiger partial charge in [0.25, 0.3) is 0 Å². The number of hydrogen-bond acceptors (Lipinski definition) is 3. The smallest absolute Gasteiger partial charge is 0.131 e. The predicted molar refractivity (Wildman–Crippen MR) is 41.1 cm³/mol. The van der Waals surface area contributed by atoms with E-state index in [4.69, 9.17) is 5.26 Å². The van der Waals surface area contributed by atoms with Crippen molar-refractivity contribution in [3.05, 3.63) is 11.9 Å². The zero-order valence-electron chi connectivity index (χ0n) is 6.92. The van der Waals surface area contributed by atoms with Gasteiger partial charge in [-0.15, -0.1) is 0 Å². The number of nitrogens with zero attached hydrogens (tertiary/aromatic N) is 3. The molecule has 3 nitrogen and oxygen atoms in total. The second kappa shape index (κ2) is 3.78. The molecule has 0 aromatic rings. The summed E-state index contributed by atoms with van der Waals surface area (Å²) in [4.78, 5) is 3.62. The van der Waals surface area contributed by atoms with Crippen molar-refractivity contribution in [2.24, 2.45) is 0 Å². The molecule has 0 fully saturated rings. The third-order valence-electron chi connectivity index (χ3n) is 0.977. The molecule has 0 saturated heterocycles.